The minimum atomic E-state index is -0.521. The monoisotopic (exact) mass is 405 g/mol. The highest BCUT2D eigenvalue weighted by molar-refractivity contribution is 5.33. The Morgan fingerprint density at radius 2 is 1.87 bits per heavy atom. The summed E-state index contributed by atoms with van der Waals surface area (Å²) in [6, 6.07) is 16.7. The van der Waals surface area contributed by atoms with E-state index in [9.17, 15) is 5.11 Å². The molecule has 0 saturated carbocycles. The fourth-order valence-corrected chi connectivity index (χ4v) is 4.23. The molecular weight excluding hydrogens is 374 g/mol. The van der Waals surface area contributed by atoms with Crippen LogP contribution in [0.1, 0.15) is 28.1 Å². The van der Waals surface area contributed by atoms with Gasteiger partial charge in [0.15, 0.2) is 0 Å². The number of rotatable bonds is 8. The van der Waals surface area contributed by atoms with Crippen molar-refractivity contribution in [3.63, 3.8) is 0 Å². The fourth-order valence-electron chi connectivity index (χ4n) is 4.23. The minimum absolute atomic E-state index is 0.303. The second-order valence-corrected chi connectivity index (χ2v) is 8.34. The van der Waals surface area contributed by atoms with Gasteiger partial charge in [-0.3, -0.25) is 4.90 Å². The molecule has 0 spiro atoms. The zero-order valence-corrected chi connectivity index (χ0v) is 17.9. The van der Waals surface area contributed by atoms with Crippen LogP contribution in [0.15, 0.2) is 54.9 Å². The molecule has 2 aromatic carbocycles. The normalized spacial score (nSPS) is 15.0. The van der Waals surface area contributed by atoms with Gasteiger partial charge in [-0.25, -0.2) is 4.98 Å². The first-order valence-corrected chi connectivity index (χ1v) is 10.7. The van der Waals surface area contributed by atoms with Crippen LogP contribution in [0.5, 0.6) is 5.75 Å². The van der Waals surface area contributed by atoms with Gasteiger partial charge in [0, 0.05) is 38.3 Å². The maximum atomic E-state index is 10.5. The van der Waals surface area contributed by atoms with Gasteiger partial charge in [-0.05, 0) is 49.1 Å². The number of hydrogen-bond donors (Lipinski definition) is 1. The van der Waals surface area contributed by atoms with Crippen molar-refractivity contribution in [1.82, 2.24) is 14.5 Å². The van der Waals surface area contributed by atoms with E-state index in [0.29, 0.717) is 13.2 Å². The van der Waals surface area contributed by atoms with Crippen molar-refractivity contribution in [2.24, 2.45) is 0 Å². The lowest BCUT2D eigenvalue weighted by Crippen LogP contribution is -2.39. The lowest BCUT2D eigenvalue weighted by Gasteiger charge is -2.28. The molecule has 30 heavy (non-hydrogen) atoms. The van der Waals surface area contributed by atoms with Gasteiger partial charge in [0.1, 0.15) is 18.5 Å². The lowest BCUT2D eigenvalue weighted by molar-refractivity contribution is 0.0630. The predicted octanol–water partition coefficient (Wildman–Crippen LogP) is 3.54. The summed E-state index contributed by atoms with van der Waals surface area (Å²) in [6.07, 6.45) is 3.43. The number of imidazole rings is 1. The van der Waals surface area contributed by atoms with Gasteiger partial charge in [0.25, 0.3) is 0 Å². The molecule has 0 unspecified atom stereocenters. The summed E-state index contributed by atoms with van der Waals surface area (Å²) >= 11 is 0. The van der Waals surface area contributed by atoms with E-state index in [2.05, 4.69) is 64.7 Å². The summed E-state index contributed by atoms with van der Waals surface area (Å²) in [5.41, 5.74) is 6.17. The van der Waals surface area contributed by atoms with E-state index in [4.69, 9.17) is 4.74 Å². The predicted molar refractivity (Wildman–Crippen MR) is 119 cm³/mol. The number of β-amino-alcohol motifs (C(OH)–C–C–N with tert-alkyl or cyclic N) is 1. The molecule has 4 rings (SSSR count). The van der Waals surface area contributed by atoms with Crippen LogP contribution < -0.4 is 4.74 Å². The molecule has 0 bridgehead atoms. The van der Waals surface area contributed by atoms with E-state index in [1.54, 1.807) is 0 Å². The first kappa shape index (κ1) is 20.6. The van der Waals surface area contributed by atoms with Crippen molar-refractivity contribution < 1.29 is 9.84 Å². The average molecular weight is 406 g/mol. The van der Waals surface area contributed by atoms with Gasteiger partial charge in [-0.15, -0.1) is 0 Å². The summed E-state index contributed by atoms with van der Waals surface area (Å²) in [6.45, 7) is 7.69. The van der Waals surface area contributed by atoms with Crippen LogP contribution >= 0.6 is 0 Å². The summed E-state index contributed by atoms with van der Waals surface area (Å²) in [5, 5.41) is 10.5. The van der Waals surface area contributed by atoms with Crippen molar-refractivity contribution in [1.29, 1.82) is 0 Å². The van der Waals surface area contributed by atoms with Crippen molar-refractivity contribution in [2.75, 3.05) is 19.7 Å². The maximum absolute atomic E-state index is 10.5. The molecule has 0 radical (unpaired) electrons. The number of hydrogen-bond acceptors (Lipinski definition) is 4. The second-order valence-electron chi connectivity index (χ2n) is 8.34. The summed E-state index contributed by atoms with van der Waals surface area (Å²) in [5.74, 6) is 0.824. The Labute approximate surface area is 178 Å². The zero-order valence-electron chi connectivity index (χ0n) is 17.9. The highest BCUT2D eigenvalue weighted by Crippen LogP contribution is 2.20. The number of aryl methyl sites for hydroxylation is 4. The van der Waals surface area contributed by atoms with Crippen LogP contribution in [0, 0.1) is 13.8 Å². The summed E-state index contributed by atoms with van der Waals surface area (Å²) < 4.78 is 8.11. The molecule has 1 N–H and O–H groups in total. The van der Waals surface area contributed by atoms with Crippen LogP contribution in [-0.2, 0) is 25.9 Å². The standard InChI is InChI=1S/C25H31N3O2/c1-19-12-20(2)14-23(13-19)30-17-22(29)15-27-10-9-25-24(16-27)26-18-28(25)11-8-21-6-4-3-5-7-21/h3-7,12-14,18,22,29H,8-11,15-17H2,1-2H3/t22-/m1/s1. The number of aliphatic hydroxyl groups excluding tert-OH is 1. The van der Waals surface area contributed by atoms with Gasteiger partial charge in [0.2, 0.25) is 0 Å². The topological polar surface area (TPSA) is 50.5 Å². The third kappa shape index (κ3) is 5.29. The van der Waals surface area contributed by atoms with E-state index >= 15 is 0 Å². The molecule has 1 aromatic heterocycles. The van der Waals surface area contributed by atoms with Crippen LogP contribution in [0.2, 0.25) is 0 Å². The molecule has 0 aliphatic carbocycles. The van der Waals surface area contributed by atoms with Crippen LogP contribution in [0.25, 0.3) is 0 Å². The van der Waals surface area contributed by atoms with Gasteiger partial charge in [-0.2, -0.15) is 0 Å². The molecule has 1 aliphatic rings. The van der Waals surface area contributed by atoms with E-state index in [1.807, 2.05) is 18.5 Å². The van der Waals surface area contributed by atoms with E-state index in [0.717, 1.165) is 43.9 Å². The SMILES string of the molecule is Cc1cc(C)cc(OC[C@H](O)CN2CCc3c(ncn3CCc3ccccc3)C2)c1. The number of nitrogens with zero attached hydrogens (tertiary/aromatic N) is 3. The van der Waals surface area contributed by atoms with Gasteiger partial charge in [0.05, 0.1) is 12.0 Å². The third-order valence-corrected chi connectivity index (χ3v) is 5.66. The highest BCUT2D eigenvalue weighted by Gasteiger charge is 2.22. The number of fused-ring (bicyclic) bond motifs is 1. The molecule has 5 heteroatoms. The van der Waals surface area contributed by atoms with E-state index in [1.165, 1.54) is 22.4 Å². The maximum Gasteiger partial charge on any atom is 0.119 e. The Hall–Kier alpha value is -2.63. The van der Waals surface area contributed by atoms with E-state index in [-0.39, 0.29) is 0 Å². The van der Waals surface area contributed by atoms with Gasteiger partial charge < -0.3 is 14.4 Å². The van der Waals surface area contributed by atoms with Crippen LogP contribution in [0.4, 0.5) is 0 Å². The van der Waals surface area contributed by atoms with Crippen molar-refractivity contribution in [3.05, 3.63) is 82.9 Å². The number of benzene rings is 2. The van der Waals surface area contributed by atoms with Crippen LogP contribution in [0.3, 0.4) is 0 Å². The molecule has 0 amide bonds. The lowest BCUT2D eigenvalue weighted by atomic mass is 10.1. The summed E-state index contributed by atoms with van der Waals surface area (Å²) in [4.78, 5) is 6.92. The zero-order chi connectivity index (χ0) is 20.9. The Kier molecular flexibility index (Phi) is 6.50. The quantitative estimate of drug-likeness (QED) is 0.623. The van der Waals surface area contributed by atoms with Gasteiger partial charge in [-0.1, -0.05) is 36.4 Å². The molecule has 1 atom stereocenters. The molecular formula is C25H31N3O2. The van der Waals surface area contributed by atoms with Gasteiger partial charge >= 0.3 is 0 Å². The largest absolute Gasteiger partial charge is 0.491 e. The van der Waals surface area contributed by atoms with Crippen molar-refractivity contribution in [2.45, 2.75) is 45.9 Å². The molecule has 0 saturated heterocycles. The second kappa shape index (κ2) is 9.45. The Bertz CT molecular complexity index is 948. The fraction of sp³-hybridized carbons (Fsp3) is 0.400. The van der Waals surface area contributed by atoms with Crippen LogP contribution in [-0.4, -0.2) is 45.4 Å². The first-order chi connectivity index (χ1) is 14.6. The third-order valence-electron chi connectivity index (χ3n) is 5.66. The smallest absolute Gasteiger partial charge is 0.119 e. The van der Waals surface area contributed by atoms with E-state index < -0.39 is 6.10 Å². The molecule has 0 fully saturated rings. The average Bonchev–Trinajstić information content (AvgIpc) is 3.13. The first-order valence-electron chi connectivity index (χ1n) is 10.7. The molecule has 2 heterocycles. The number of ether oxygens (including phenoxy) is 1. The highest BCUT2D eigenvalue weighted by atomic mass is 16.5. The summed E-state index contributed by atoms with van der Waals surface area (Å²) in [7, 11) is 0. The molecule has 158 valence electrons. The molecule has 5 nitrogen and oxygen atoms in total. The Balaban J connectivity index is 1.27. The minimum Gasteiger partial charge on any atom is -0.491 e. The molecule has 1 aliphatic heterocycles. The van der Waals surface area contributed by atoms with Crippen molar-refractivity contribution in [3.8, 4) is 5.75 Å². The van der Waals surface area contributed by atoms with Crippen molar-refractivity contribution >= 4 is 0 Å². The Morgan fingerprint density at radius 3 is 2.63 bits per heavy atom. The Morgan fingerprint density at radius 1 is 1.10 bits per heavy atom. The molecule has 3 aromatic rings. The number of aromatic nitrogens is 2. The number of aliphatic hydroxyl groups is 1.